The first kappa shape index (κ1) is 22.3. The molecule has 0 spiro atoms. The normalized spacial score (nSPS) is 14.3. The quantitative estimate of drug-likeness (QED) is 0.377. The third-order valence-electron chi connectivity index (χ3n) is 4.04. The van der Waals surface area contributed by atoms with Gasteiger partial charge in [0.25, 0.3) is 0 Å². The third-order valence-corrected chi connectivity index (χ3v) is 8.52. The van der Waals surface area contributed by atoms with E-state index >= 15 is 0 Å². The van der Waals surface area contributed by atoms with E-state index in [4.69, 9.17) is 9.16 Å². The minimum Gasteiger partial charge on any atom is -0.459 e. The highest BCUT2D eigenvalue weighted by Crippen LogP contribution is 2.37. The van der Waals surface area contributed by atoms with E-state index in [2.05, 4.69) is 52.7 Å². The van der Waals surface area contributed by atoms with Crippen LogP contribution in [-0.2, 0) is 14.0 Å². The number of hydrogen-bond donors (Lipinski definition) is 0. The monoisotopic (exact) mass is 343 g/mol. The van der Waals surface area contributed by atoms with Crippen molar-refractivity contribution in [2.45, 2.75) is 85.5 Å². The number of aliphatic imine (C=N–C) groups is 1. The highest BCUT2D eigenvalue weighted by atomic mass is 28.4. The highest BCUT2D eigenvalue weighted by Gasteiger charge is 2.38. The lowest BCUT2D eigenvalue weighted by atomic mass is 9.91. The summed E-state index contributed by atoms with van der Waals surface area (Å²) in [5.74, 6) is -0.288. The zero-order valence-corrected chi connectivity index (χ0v) is 17.9. The maximum Gasteiger partial charge on any atom is 0.328 e. The van der Waals surface area contributed by atoms with Crippen molar-refractivity contribution < 1.29 is 14.0 Å². The summed E-state index contributed by atoms with van der Waals surface area (Å²) in [6.07, 6.45) is 2.60. The molecule has 0 fully saturated rings. The van der Waals surface area contributed by atoms with Crippen LogP contribution in [0.3, 0.4) is 0 Å². The maximum absolute atomic E-state index is 11.6. The summed E-state index contributed by atoms with van der Waals surface area (Å²) in [5, 5.41) is 0.216. The van der Waals surface area contributed by atoms with E-state index in [-0.39, 0.29) is 23.0 Å². The molecule has 0 radical (unpaired) electrons. The molecule has 0 aliphatic heterocycles. The number of carbonyl (C=O) groups excluding carboxylic acids is 1. The van der Waals surface area contributed by atoms with Gasteiger partial charge in [0.05, 0.1) is 0 Å². The topological polar surface area (TPSA) is 47.9 Å². The Morgan fingerprint density at radius 2 is 1.57 bits per heavy atom. The van der Waals surface area contributed by atoms with Gasteiger partial charge in [-0.05, 0) is 50.7 Å². The van der Waals surface area contributed by atoms with Crippen molar-refractivity contribution in [3.05, 3.63) is 0 Å². The molecule has 23 heavy (non-hydrogen) atoms. The lowest BCUT2D eigenvalue weighted by Crippen LogP contribution is -2.43. The van der Waals surface area contributed by atoms with Gasteiger partial charge in [0, 0.05) is 12.8 Å². The molecule has 0 aromatic carbocycles. The summed E-state index contributed by atoms with van der Waals surface area (Å²) in [7, 11) is -1.73. The Kier molecular flexibility index (Phi) is 7.69. The van der Waals surface area contributed by atoms with Gasteiger partial charge in [0.2, 0.25) is 0 Å². The number of rotatable bonds is 7. The molecule has 0 atom stereocenters. The molecule has 0 aliphatic rings. The summed E-state index contributed by atoms with van der Waals surface area (Å²) < 4.78 is 11.5. The van der Waals surface area contributed by atoms with Gasteiger partial charge in [0.15, 0.2) is 8.32 Å². The molecule has 0 aliphatic carbocycles. The molecule has 0 unspecified atom stereocenters. The standard InChI is InChI=1S/C18H37NO3Si/c1-16(2,3)22-15(20)13-19-12-11-18(7,8)14-21-23(9,10)17(4,5)6/h12H,11,13-14H2,1-10H3. The van der Waals surface area contributed by atoms with E-state index in [9.17, 15) is 4.79 Å². The maximum atomic E-state index is 11.6. The molecule has 0 aromatic rings. The molecular weight excluding hydrogens is 306 g/mol. The third kappa shape index (κ3) is 9.92. The van der Waals surface area contributed by atoms with Crippen LogP contribution in [0.2, 0.25) is 18.1 Å². The molecule has 0 aromatic heterocycles. The van der Waals surface area contributed by atoms with E-state index < -0.39 is 13.9 Å². The minimum absolute atomic E-state index is 0.00690. The fourth-order valence-corrected chi connectivity index (χ4v) is 2.66. The van der Waals surface area contributed by atoms with Crippen molar-refractivity contribution in [3.63, 3.8) is 0 Å². The predicted octanol–water partition coefficient (Wildman–Crippen LogP) is 4.84. The Morgan fingerprint density at radius 1 is 1.04 bits per heavy atom. The molecule has 0 bridgehead atoms. The van der Waals surface area contributed by atoms with E-state index in [1.54, 1.807) is 0 Å². The van der Waals surface area contributed by atoms with E-state index in [0.717, 1.165) is 6.42 Å². The van der Waals surface area contributed by atoms with Gasteiger partial charge >= 0.3 is 5.97 Å². The highest BCUT2D eigenvalue weighted by molar-refractivity contribution is 6.74. The van der Waals surface area contributed by atoms with Crippen LogP contribution in [0.5, 0.6) is 0 Å². The molecular formula is C18H37NO3Si. The van der Waals surface area contributed by atoms with Gasteiger partial charge in [-0.25, -0.2) is 0 Å². The van der Waals surface area contributed by atoms with E-state index in [1.165, 1.54) is 0 Å². The number of ether oxygens (including phenoxy) is 1. The predicted molar refractivity (Wildman–Crippen MR) is 101 cm³/mol. The van der Waals surface area contributed by atoms with Crippen molar-refractivity contribution in [3.8, 4) is 0 Å². The van der Waals surface area contributed by atoms with Gasteiger partial charge < -0.3 is 9.16 Å². The van der Waals surface area contributed by atoms with Crippen LogP contribution in [0.1, 0.15) is 61.8 Å². The molecule has 4 nitrogen and oxygen atoms in total. The summed E-state index contributed by atoms with van der Waals surface area (Å²) in [4.78, 5) is 15.8. The van der Waals surface area contributed by atoms with E-state index in [1.807, 2.05) is 27.0 Å². The Hall–Kier alpha value is -0.683. The summed E-state index contributed by atoms with van der Waals surface area (Å²) in [5.41, 5.74) is -0.449. The first-order chi connectivity index (χ1) is 10.1. The SMILES string of the molecule is CC(C)(CC=NCC(=O)OC(C)(C)C)CO[Si](C)(C)C(C)(C)C. The van der Waals surface area contributed by atoms with Crippen molar-refractivity contribution >= 4 is 20.5 Å². The molecule has 0 saturated carbocycles. The van der Waals surface area contributed by atoms with Crippen molar-refractivity contribution in [2.75, 3.05) is 13.2 Å². The van der Waals surface area contributed by atoms with Gasteiger partial charge in [-0.2, -0.15) is 0 Å². The summed E-state index contributed by atoms with van der Waals surface area (Å²) in [6.45, 7) is 22.0. The largest absolute Gasteiger partial charge is 0.459 e. The first-order valence-corrected chi connectivity index (χ1v) is 11.3. The Bertz CT molecular complexity index is 415. The molecule has 0 amide bonds. The second-order valence-corrected chi connectivity index (χ2v) is 14.3. The van der Waals surface area contributed by atoms with E-state index in [0.29, 0.717) is 6.61 Å². The van der Waals surface area contributed by atoms with Crippen molar-refractivity contribution in [1.82, 2.24) is 0 Å². The minimum atomic E-state index is -1.73. The second kappa shape index (κ2) is 7.93. The fraction of sp³-hybridized carbons (Fsp3) is 0.889. The Morgan fingerprint density at radius 3 is 2.00 bits per heavy atom. The molecule has 0 saturated heterocycles. The zero-order valence-electron chi connectivity index (χ0n) is 16.9. The number of hydrogen-bond acceptors (Lipinski definition) is 4. The number of carbonyl (C=O) groups is 1. The van der Waals surface area contributed by atoms with Crippen LogP contribution in [0.25, 0.3) is 0 Å². The van der Waals surface area contributed by atoms with Crippen LogP contribution in [0, 0.1) is 5.41 Å². The van der Waals surface area contributed by atoms with Gasteiger partial charge in [0.1, 0.15) is 12.1 Å². The summed E-state index contributed by atoms with van der Waals surface area (Å²) >= 11 is 0. The smallest absolute Gasteiger partial charge is 0.328 e. The van der Waals surface area contributed by atoms with Crippen LogP contribution in [0.4, 0.5) is 0 Å². The molecule has 5 heteroatoms. The molecule has 0 rings (SSSR count). The van der Waals surface area contributed by atoms with Crippen LogP contribution < -0.4 is 0 Å². The zero-order chi connectivity index (χ0) is 18.5. The first-order valence-electron chi connectivity index (χ1n) is 8.40. The number of nitrogens with zero attached hydrogens (tertiary/aromatic N) is 1. The van der Waals surface area contributed by atoms with Gasteiger partial charge in [-0.1, -0.05) is 34.6 Å². The van der Waals surface area contributed by atoms with Crippen LogP contribution >= 0.6 is 0 Å². The molecule has 136 valence electrons. The van der Waals surface area contributed by atoms with Gasteiger partial charge in [-0.15, -0.1) is 0 Å². The van der Waals surface area contributed by atoms with Crippen molar-refractivity contribution in [1.29, 1.82) is 0 Å². The lowest BCUT2D eigenvalue weighted by Gasteiger charge is -2.38. The Balaban J connectivity index is 4.33. The number of esters is 1. The van der Waals surface area contributed by atoms with Crippen molar-refractivity contribution in [2.24, 2.45) is 10.4 Å². The average molecular weight is 344 g/mol. The van der Waals surface area contributed by atoms with Crippen LogP contribution in [-0.4, -0.2) is 39.3 Å². The Labute approximate surface area is 144 Å². The molecule has 0 heterocycles. The molecule has 0 N–H and O–H groups in total. The summed E-state index contributed by atoms with van der Waals surface area (Å²) in [6, 6.07) is 0. The average Bonchev–Trinajstić information content (AvgIpc) is 2.29. The van der Waals surface area contributed by atoms with Crippen LogP contribution in [0.15, 0.2) is 4.99 Å². The fourth-order valence-electron chi connectivity index (χ4n) is 1.48. The van der Waals surface area contributed by atoms with Gasteiger partial charge in [-0.3, -0.25) is 9.79 Å². The second-order valence-electron chi connectivity index (χ2n) is 9.53. The lowest BCUT2D eigenvalue weighted by molar-refractivity contribution is -0.152.